The Morgan fingerprint density at radius 1 is 1.15 bits per heavy atom. The number of hydrogen-bond donors (Lipinski definition) is 3. The molecule has 0 aliphatic carbocycles. The minimum Gasteiger partial charge on any atom is -0.487 e. The van der Waals surface area contributed by atoms with Crippen LogP contribution in [0.2, 0.25) is 0 Å². The number of amides is 2. The lowest BCUT2D eigenvalue weighted by Crippen LogP contribution is -2.23. The summed E-state index contributed by atoms with van der Waals surface area (Å²) in [5.74, 6) is 1.41. The Labute approximate surface area is 235 Å². The number of rotatable bonds is 10. The Hall–Kier alpha value is -3.97. The van der Waals surface area contributed by atoms with Crippen LogP contribution in [-0.4, -0.2) is 78.1 Å². The van der Waals surface area contributed by atoms with Gasteiger partial charge in [0.1, 0.15) is 18.2 Å². The smallest absolute Gasteiger partial charge is 0.325 e. The molecule has 1 aromatic carbocycles. The standard InChI is InChI=1S/C28H31N5O6S/c1-29-28(36)33-10-6-18-13-24(23(15-22(18)33)38-12-11-37-2)39-20-5-8-30-26(14-20)31-27(35)25-4-3-21(40-25)17-32-9-7-19(34)16-32/h3-6,8,10,13-15,19,34H,7,9,11-12,16-17H2,1-2H3,(H,29,36)(H,30,31,35)/t19-/m1/s1. The molecule has 40 heavy (non-hydrogen) atoms. The number of carbonyl (C=O) groups excluding carboxylic acids is 2. The molecule has 2 amide bonds. The van der Waals surface area contributed by atoms with Crippen molar-refractivity contribution in [2.45, 2.75) is 19.1 Å². The van der Waals surface area contributed by atoms with Gasteiger partial charge in [-0.15, -0.1) is 11.3 Å². The highest BCUT2D eigenvalue weighted by Crippen LogP contribution is 2.36. The van der Waals surface area contributed by atoms with Crippen LogP contribution in [0, 0.1) is 0 Å². The van der Waals surface area contributed by atoms with E-state index in [0.29, 0.717) is 53.2 Å². The van der Waals surface area contributed by atoms with Crippen LogP contribution >= 0.6 is 11.3 Å². The number of thiophene rings is 1. The highest BCUT2D eigenvalue weighted by atomic mass is 32.1. The molecule has 11 nitrogen and oxygen atoms in total. The topological polar surface area (TPSA) is 127 Å². The highest BCUT2D eigenvalue weighted by molar-refractivity contribution is 7.14. The van der Waals surface area contributed by atoms with E-state index < -0.39 is 0 Å². The molecule has 3 N–H and O–H groups in total. The second kappa shape index (κ2) is 12.5. The molecule has 1 aliphatic heterocycles. The van der Waals surface area contributed by atoms with E-state index in [0.717, 1.165) is 23.2 Å². The number of nitrogens with one attached hydrogen (secondary N) is 2. The first-order chi connectivity index (χ1) is 19.4. The van der Waals surface area contributed by atoms with Gasteiger partial charge in [0.2, 0.25) is 0 Å². The lowest BCUT2D eigenvalue weighted by atomic mass is 10.2. The van der Waals surface area contributed by atoms with Crippen molar-refractivity contribution in [2.24, 2.45) is 0 Å². The summed E-state index contributed by atoms with van der Waals surface area (Å²) in [5.41, 5.74) is 0.665. The predicted molar refractivity (Wildman–Crippen MR) is 152 cm³/mol. The van der Waals surface area contributed by atoms with Crippen molar-refractivity contribution in [2.75, 3.05) is 45.8 Å². The largest absolute Gasteiger partial charge is 0.487 e. The zero-order valence-corrected chi connectivity index (χ0v) is 23.1. The summed E-state index contributed by atoms with van der Waals surface area (Å²) in [6.07, 6.45) is 3.73. The van der Waals surface area contributed by atoms with Crippen molar-refractivity contribution < 1.29 is 28.9 Å². The number of nitrogens with zero attached hydrogens (tertiary/aromatic N) is 3. The number of pyridine rings is 1. The lowest BCUT2D eigenvalue weighted by Gasteiger charge is -2.14. The average Bonchev–Trinajstić information content (AvgIpc) is 3.69. The molecule has 1 saturated heterocycles. The Morgan fingerprint density at radius 2 is 2.02 bits per heavy atom. The number of ether oxygens (including phenoxy) is 3. The molecule has 0 unspecified atom stereocenters. The van der Waals surface area contributed by atoms with E-state index in [1.54, 1.807) is 56.9 Å². The molecule has 0 saturated carbocycles. The van der Waals surface area contributed by atoms with E-state index >= 15 is 0 Å². The van der Waals surface area contributed by atoms with Crippen LogP contribution in [0.1, 0.15) is 21.0 Å². The Bertz CT molecular complexity index is 1500. The van der Waals surface area contributed by atoms with Crippen LogP contribution in [0.15, 0.2) is 54.9 Å². The van der Waals surface area contributed by atoms with Gasteiger partial charge in [-0.25, -0.2) is 9.78 Å². The number of benzene rings is 1. The van der Waals surface area contributed by atoms with Crippen LogP contribution in [0.5, 0.6) is 17.2 Å². The molecule has 0 spiro atoms. The zero-order chi connectivity index (χ0) is 28.1. The molecule has 0 bridgehead atoms. The highest BCUT2D eigenvalue weighted by Gasteiger charge is 2.21. The Morgan fingerprint density at radius 3 is 2.80 bits per heavy atom. The fraction of sp³-hybridized carbons (Fsp3) is 0.321. The van der Waals surface area contributed by atoms with Crippen molar-refractivity contribution in [1.29, 1.82) is 0 Å². The SMILES string of the molecule is CNC(=O)n1ccc2cc(Oc3ccnc(NC(=O)c4ccc(CN5CC[C@@H](O)C5)s4)c3)c(OCCOC)cc21. The average molecular weight is 566 g/mol. The third-order valence-electron chi connectivity index (χ3n) is 6.45. The molecule has 210 valence electrons. The molecule has 0 radical (unpaired) electrons. The van der Waals surface area contributed by atoms with Crippen LogP contribution in [0.4, 0.5) is 10.6 Å². The second-order valence-electron chi connectivity index (χ2n) is 9.32. The summed E-state index contributed by atoms with van der Waals surface area (Å²) in [4.78, 5) is 33.3. The van der Waals surface area contributed by atoms with Crippen molar-refractivity contribution >= 4 is 40.0 Å². The summed E-state index contributed by atoms with van der Waals surface area (Å²) in [5, 5.41) is 16.0. The number of fused-ring (bicyclic) bond motifs is 1. The van der Waals surface area contributed by atoms with Gasteiger partial charge in [0, 0.05) is 68.6 Å². The van der Waals surface area contributed by atoms with Crippen molar-refractivity contribution in [3.05, 3.63) is 64.6 Å². The molecule has 5 rings (SSSR count). The minimum absolute atomic E-state index is 0.261. The number of methoxy groups -OCH3 is 1. The molecule has 4 heterocycles. The van der Waals surface area contributed by atoms with Gasteiger partial charge >= 0.3 is 6.03 Å². The minimum atomic E-state index is -0.276. The van der Waals surface area contributed by atoms with E-state index in [2.05, 4.69) is 20.5 Å². The molecule has 12 heteroatoms. The molecular weight excluding hydrogens is 534 g/mol. The predicted octanol–water partition coefficient (Wildman–Crippen LogP) is 3.92. The number of aliphatic hydroxyl groups is 1. The maximum Gasteiger partial charge on any atom is 0.325 e. The van der Waals surface area contributed by atoms with Gasteiger partial charge in [-0.05, 0) is 36.8 Å². The molecule has 1 atom stereocenters. The third-order valence-corrected chi connectivity index (χ3v) is 7.52. The molecular formula is C28H31N5O6S. The summed E-state index contributed by atoms with van der Waals surface area (Å²) < 4.78 is 18.7. The Kier molecular flexibility index (Phi) is 8.60. The summed E-state index contributed by atoms with van der Waals surface area (Å²) >= 11 is 1.42. The van der Waals surface area contributed by atoms with Gasteiger partial charge in [0.25, 0.3) is 5.91 Å². The lowest BCUT2D eigenvalue weighted by molar-refractivity contribution is 0.103. The quantitative estimate of drug-likeness (QED) is 0.247. The molecule has 3 aromatic heterocycles. The first kappa shape index (κ1) is 27.6. The summed E-state index contributed by atoms with van der Waals surface area (Å²) in [6, 6.07) is 12.1. The normalized spacial score (nSPS) is 15.3. The molecule has 4 aromatic rings. The van der Waals surface area contributed by atoms with Gasteiger partial charge in [-0.1, -0.05) is 0 Å². The van der Waals surface area contributed by atoms with Gasteiger partial charge in [-0.3, -0.25) is 14.3 Å². The Balaban J connectivity index is 1.31. The number of aliphatic hydroxyl groups excluding tert-OH is 1. The number of hydrogen-bond acceptors (Lipinski definition) is 9. The molecule has 1 aliphatic rings. The maximum atomic E-state index is 12.9. The first-order valence-corrected chi connectivity index (χ1v) is 13.7. The van der Waals surface area contributed by atoms with Gasteiger partial charge in [0.15, 0.2) is 11.5 Å². The summed E-state index contributed by atoms with van der Waals surface area (Å²) in [7, 11) is 3.16. The van der Waals surface area contributed by atoms with Crippen LogP contribution in [0.3, 0.4) is 0 Å². The van der Waals surface area contributed by atoms with Gasteiger partial charge in [-0.2, -0.15) is 0 Å². The van der Waals surface area contributed by atoms with Crippen LogP contribution in [0.25, 0.3) is 10.9 Å². The van der Waals surface area contributed by atoms with Gasteiger partial charge in [0.05, 0.1) is 23.1 Å². The van der Waals surface area contributed by atoms with E-state index in [1.165, 1.54) is 15.9 Å². The van der Waals surface area contributed by atoms with Crippen molar-refractivity contribution in [3.63, 3.8) is 0 Å². The van der Waals surface area contributed by atoms with E-state index in [-0.39, 0.29) is 24.6 Å². The number of aromatic nitrogens is 2. The third kappa shape index (κ3) is 6.42. The second-order valence-corrected chi connectivity index (χ2v) is 10.5. The number of carbonyl (C=O) groups is 2. The van der Waals surface area contributed by atoms with Crippen LogP contribution in [-0.2, 0) is 11.3 Å². The first-order valence-electron chi connectivity index (χ1n) is 12.9. The van der Waals surface area contributed by atoms with Crippen LogP contribution < -0.4 is 20.1 Å². The van der Waals surface area contributed by atoms with Crippen molar-refractivity contribution in [1.82, 2.24) is 19.8 Å². The zero-order valence-electron chi connectivity index (χ0n) is 22.3. The number of anilines is 1. The van der Waals surface area contributed by atoms with E-state index in [4.69, 9.17) is 14.2 Å². The maximum absolute atomic E-state index is 12.9. The number of likely N-dealkylation sites (tertiary alicyclic amines) is 1. The van der Waals surface area contributed by atoms with E-state index in [1.807, 2.05) is 12.1 Å². The molecule has 1 fully saturated rings. The monoisotopic (exact) mass is 565 g/mol. The van der Waals surface area contributed by atoms with Gasteiger partial charge < -0.3 is 30.0 Å². The fourth-order valence-electron chi connectivity index (χ4n) is 4.48. The van der Waals surface area contributed by atoms with Crippen molar-refractivity contribution in [3.8, 4) is 17.2 Å². The van der Waals surface area contributed by atoms with E-state index in [9.17, 15) is 14.7 Å². The fourth-order valence-corrected chi connectivity index (χ4v) is 5.42. The summed E-state index contributed by atoms with van der Waals surface area (Å²) in [6.45, 7) is 2.88. The number of β-amino-alcohol motifs (C(OH)–C–C–N with tert-alkyl or cyclic N) is 1.